The predicted octanol–water partition coefficient (Wildman–Crippen LogP) is 3.52. The highest BCUT2D eigenvalue weighted by atomic mass is 35.5. The molecule has 5 atom stereocenters. The number of benzene rings is 1. The molecule has 200 valence electrons. The maximum Gasteiger partial charge on any atom is 0.313 e. The quantitative estimate of drug-likeness (QED) is 0.252. The molecule has 1 spiro atoms. The van der Waals surface area contributed by atoms with Gasteiger partial charge in [-0.05, 0) is 51.2 Å². The van der Waals surface area contributed by atoms with Crippen LogP contribution in [0.1, 0.15) is 39.0 Å². The number of para-hydroxylation sites is 1. The van der Waals surface area contributed by atoms with Gasteiger partial charge >= 0.3 is 5.97 Å². The minimum atomic E-state index is -1.15. The molecule has 3 saturated heterocycles. The molecule has 1 N–H and O–H groups in total. The normalized spacial score (nSPS) is 29.8. The Balaban J connectivity index is 1.76. The van der Waals surface area contributed by atoms with E-state index in [4.69, 9.17) is 21.1 Å². The molecule has 9 heteroatoms. The van der Waals surface area contributed by atoms with Crippen LogP contribution >= 0.6 is 11.6 Å². The second-order valence-corrected chi connectivity index (χ2v) is 10.6. The summed E-state index contributed by atoms with van der Waals surface area (Å²) >= 11 is 6.48. The fourth-order valence-electron chi connectivity index (χ4n) is 6.36. The zero-order valence-corrected chi connectivity index (χ0v) is 22.0. The number of ether oxygens (including phenoxy) is 2. The van der Waals surface area contributed by atoms with Crippen molar-refractivity contribution in [1.29, 1.82) is 0 Å². The van der Waals surface area contributed by atoms with Gasteiger partial charge in [0.05, 0.1) is 22.2 Å². The molecular weight excluding hydrogens is 496 g/mol. The van der Waals surface area contributed by atoms with E-state index in [1.54, 1.807) is 35.2 Å². The summed E-state index contributed by atoms with van der Waals surface area (Å²) in [4.78, 5) is 44.7. The molecule has 1 aromatic rings. The minimum Gasteiger partial charge on any atom is -0.461 e. The van der Waals surface area contributed by atoms with E-state index < -0.39 is 35.0 Å². The number of hydrogen-bond acceptors (Lipinski definition) is 6. The van der Waals surface area contributed by atoms with Crippen molar-refractivity contribution in [2.75, 3.05) is 31.2 Å². The third-order valence-electron chi connectivity index (χ3n) is 7.89. The summed E-state index contributed by atoms with van der Waals surface area (Å²) in [6.45, 7) is 9.84. The maximum atomic E-state index is 14.4. The Morgan fingerprint density at radius 1 is 1.24 bits per heavy atom. The molecule has 0 aliphatic carbocycles. The maximum absolute atomic E-state index is 14.4. The second-order valence-electron chi connectivity index (χ2n) is 10.2. The lowest BCUT2D eigenvalue weighted by Gasteiger charge is -2.37. The van der Waals surface area contributed by atoms with E-state index in [0.717, 1.165) is 0 Å². The molecule has 2 unspecified atom stereocenters. The molecule has 37 heavy (non-hydrogen) atoms. The Morgan fingerprint density at radius 3 is 2.68 bits per heavy atom. The standard InChI is InChI=1S/C28H35ClN2O6/c1-4-15-30(20-12-8-7-11-19(20)29)25(34)23-28-14-13-27(3,37-28)22(26(35)36-18-5-2)21(28)24(33)31(23)16-9-6-10-17-32/h4-5,7-8,11-12,21-23,32H,1-2,6,9-10,13-18H2,3H3/t21-,22-,23?,27+,28?/m0/s1. The topological polar surface area (TPSA) is 96.4 Å². The molecule has 3 heterocycles. The van der Waals surface area contributed by atoms with Gasteiger partial charge in [0.15, 0.2) is 0 Å². The van der Waals surface area contributed by atoms with E-state index in [-0.39, 0.29) is 31.6 Å². The summed E-state index contributed by atoms with van der Waals surface area (Å²) in [5.74, 6) is -2.75. The van der Waals surface area contributed by atoms with Crippen LogP contribution in [-0.4, -0.2) is 71.3 Å². The number of aliphatic hydroxyl groups excluding tert-OH is 1. The summed E-state index contributed by atoms with van der Waals surface area (Å²) in [6, 6.07) is 6.10. The molecule has 3 aliphatic rings. The number of carbonyl (C=O) groups excluding carboxylic acids is 3. The van der Waals surface area contributed by atoms with Crippen molar-refractivity contribution in [1.82, 2.24) is 4.90 Å². The molecule has 3 fully saturated rings. The number of carbonyl (C=O) groups is 3. The number of rotatable bonds is 12. The first-order chi connectivity index (χ1) is 17.8. The summed E-state index contributed by atoms with van der Waals surface area (Å²) in [7, 11) is 0. The summed E-state index contributed by atoms with van der Waals surface area (Å²) in [5, 5.41) is 9.61. The summed E-state index contributed by atoms with van der Waals surface area (Å²) in [5.41, 5.74) is -1.55. The van der Waals surface area contributed by atoms with Crippen LogP contribution in [0.25, 0.3) is 0 Å². The van der Waals surface area contributed by atoms with Gasteiger partial charge in [-0.1, -0.05) is 42.5 Å². The van der Waals surface area contributed by atoms with E-state index in [2.05, 4.69) is 13.2 Å². The molecule has 3 aliphatic heterocycles. The zero-order chi connectivity index (χ0) is 26.8. The van der Waals surface area contributed by atoms with E-state index in [1.165, 1.54) is 11.0 Å². The van der Waals surface area contributed by atoms with Crippen LogP contribution in [0.15, 0.2) is 49.6 Å². The fourth-order valence-corrected chi connectivity index (χ4v) is 6.60. The third kappa shape index (κ3) is 4.60. The SMILES string of the molecule is C=CCOC(=O)[C@@H]1[C@H]2C(=O)N(CCCCCO)C(C(=O)N(CC=C)c3ccccc3Cl)C23CC[C@@]1(C)O3. The Morgan fingerprint density at radius 2 is 2.00 bits per heavy atom. The predicted molar refractivity (Wildman–Crippen MR) is 140 cm³/mol. The first kappa shape index (κ1) is 27.4. The van der Waals surface area contributed by atoms with E-state index in [0.29, 0.717) is 49.4 Å². The van der Waals surface area contributed by atoms with Gasteiger partial charge in [0.25, 0.3) is 5.91 Å². The Kier molecular flexibility index (Phi) is 8.11. The van der Waals surface area contributed by atoms with Crippen LogP contribution in [0.4, 0.5) is 5.69 Å². The average molecular weight is 531 g/mol. The minimum absolute atomic E-state index is 0.0339. The van der Waals surface area contributed by atoms with Crippen LogP contribution < -0.4 is 4.90 Å². The van der Waals surface area contributed by atoms with Crippen molar-refractivity contribution in [3.63, 3.8) is 0 Å². The van der Waals surface area contributed by atoms with Gasteiger partial charge < -0.3 is 24.4 Å². The molecule has 0 aromatic heterocycles. The molecule has 0 saturated carbocycles. The van der Waals surface area contributed by atoms with Crippen LogP contribution in [0.3, 0.4) is 0 Å². The first-order valence-electron chi connectivity index (χ1n) is 12.8. The smallest absolute Gasteiger partial charge is 0.313 e. The largest absolute Gasteiger partial charge is 0.461 e. The molecule has 0 radical (unpaired) electrons. The Labute approximate surface area is 222 Å². The van der Waals surface area contributed by atoms with Gasteiger partial charge in [-0.25, -0.2) is 0 Å². The zero-order valence-electron chi connectivity index (χ0n) is 21.2. The number of fused-ring (bicyclic) bond motifs is 1. The number of esters is 1. The van der Waals surface area contributed by atoms with Crippen LogP contribution in [0, 0.1) is 11.8 Å². The highest BCUT2D eigenvalue weighted by Crippen LogP contribution is 2.63. The highest BCUT2D eigenvalue weighted by molar-refractivity contribution is 6.34. The highest BCUT2D eigenvalue weighted by Gasteiger charge is 2.78. The summed E-state index contributed by atoms with van der Waals surface area (Å²) in [6.07, 6.45) is 6.00. The van der Waals surface area contributed by atoms with Crippen molar-refractivity contribution >= 4 is 35.1 Å². The van der Waals surface area contributed by atoms with Crippen molar-refractivity contribution in [2.45, 2.75) is 56.3 Å². The number of nitrogens with zero attached hydrogens (tertiary/aromatic N) is 2. The molecule has 1 aromatic carbocycles. The van der Waals surface area contributed by atoms with Gasteiger partial charge in [0.1, 0.15) is 24.2 Å². The average Bonchev–Trinajstić information content (AvgIpc) is 3.44. The van der Waals surface area contributed by atoms with E-state index >= 15 is 0 Å². The lowest BCUT2D eigenvalue weighted by atomic mass is 9.66. The number of unbranched alkanes of at least 4 members (excludes halogenated alkanes) is 2. The van der Waals surface area contributed by atoms with Gasteiger partial charge in [-0.2, -0.15) is 0 Å². The van der Waals surface area contributed by atoms with Crippen molar-refractivity contribution in [2.24, 2.45) is 11.8 Å². The first-order valence-corrected chi connectivity index (χ1v) is 13.2. The molecule has 8 nitrogen and oxygen atoms in total. The van der Waals surface area contributed by atoms with E-state index in [9.17, 15) is 19.5 Å². The van der Waals surface area contributed by atoms with Crippen molar-refractivity contribution in [3.8, 4) is 0 Å². The number of hydrogen-bond donors (Lipinski definition) is 1. The number of halogens is 1. The number of aliphatic hydroxyl groups is 1. The van der Waals surface area contributed by atoms with Crippen molar-refractivity contribution < 1.29 is 29.0 Å². The van der Waals surface area contributed by atoms with Gasteiger partial charge in [-0.3, -0.25) is 14.4 Å². The second kappa shape index (κ2) is 11.0. The molecular formula is C28H35ClN2O6. The monoisotopic (exact) mass is 530 g/mol. The molecule has 2 bridgehead atoms. The Bertz CT molecular complexity index is 1080. The number of likely N-dealkylation sites (tertiary alicyclic amines) is 1. The lowest BCUT2D eigenvalue weighted by Crippen LogP contribution is -2.56. The van der Waals surface area contributed by atoms with Crippen LogP contribution in [-0.2, 0) is 23.9 Å². The van der Waals surface area contributed by atoms with Gasteiger partial charge in [0, 0.05) is 19.7 Å². The summed E-state index contributed by atoms with van der Waals surface area (Å²) < 4.78 is 12.0. The van der Waals surface area contributed by atoms with Gasteiger partial charge in [0.2, 0.25) is 5.91 Å². The number of anilines is 1. The third-order valence-corrected chi connectivity index (χ3v) is 8.21. The Hall–Kier alpha value is -2.68. The number of amides is 2. The van der Waals surface area contributed by atoms with E-state index in [1.807, 2.05) is 6.92 Å². The lowest BCUT2D eigenvalue weighted by molar-refractivity contribution is -0.158. The fraction of sp³-hybridized carbons (Fsp3) is 0.536. The molecule has 4 rings (SSSR count). The van der Waals surface area contributed by atoms with Crippen LogP contribution in [0.2, 0.25) is 5.02 Å². The van der Waals surface area contributed by atoms with Crippen LogP contribution in [0.5, 0.6) is 0 Å². The van der Waals surface area contributed by atoms with Gasteiger partial charge in [-0.15, -0.1) is 6.58 Å². The molecule has 2 amide bonds. The van der Waals surface area contributed by atoms with Crippen molar-refractivity contribution in [3.05, 3.63) is 54.6 Å².